The standard InChI is InChI=1S/C48H37NO/c1-47(2)38-21-9-5-15-31(38)33-28-27-30(29-40(33)47)49(42-24-13-20-36-32-16-6-10-22-39(32)48(3,4)46(36)42)41-23-11-7-17-34(41)35-19-14-26-44-45(35)37-18-8-12-25-43(37)50-44/h5-29H,1-4H3. The number of anilines is 3. The summed E-state index contributed by atoms with van der Waals surface area (Å²) in [7, 11) is 0. The van der Waals surface area contributed by atoms with Crippen LogP contribution in [0.25, 0.3) is 55.3 Å². The predicted molar refractivity (Wildman–Crippen MR) is 209 cm³/mol. The molecule has 0 spiro atoms. The van der Waals surface area contributed by atoms with Crippen molar-refractivity contribution >= 4 is 39.0 Å². The molecule has 0 radical (unpaired) electrons. The van der Waals surface area contributed by atoms with Crippen LogP contribution in [-0.4, -0.2) is 0 Å². The smallest absolute Gasteiger partial charge is 0.136 e. The fourth-order valence-electron chi connectivity index (χ4n) is 9.14. The molecular formula is C48H37NO. The van der Waals surface area contributed by atoms with Crippen LogP contribution in [0.5, 0.6) is 0 Å². The Balaban J connectivity index is 1.27. The molecule has 7 aromatic carbocycles. The molecule has 0 atom stereocenters. The first-order chi connectivity index (χ1) is 24.3. The molecule has 2 heteroatoms. The topological polar surface area (TPSA) is 16.4 Å². The minimum Gasteiger partial charge on any atom is -0.456 e. The van der Waals surface area contributed by atoms with E-state index in [1.807, 2.05) is 6.07 Å². The van der Waals surface area contributed by atoms with Gasteiger partial charge in [0.05, 0.1) is 11.4 Å². The van der Waals surface area contributed by atoms with E-state index in [0.29, 0.717) is 0 Å². The molecule has 0 saturated heterocycles. The maximum atomic E-state index is 6.40. The minimum absolute atomic E-state index is 0.122. The van der Waals surface area contributed by atoms with Gasteiger partial charge in [-0.3, -0.25) is 0 Å². The van der Waals surface area contributed by atoms with Crippen LogP contribution in [-0.2, 0) is 10.8 Å². The molecule has 10 rings (SSSR count). The van der Waals surface area contributed by atoms with Gasteiger partial charge in [0.1, 0.15) is 11.2 Å². The summed E-state index contributed by atoms with van der Waals surface area (Å²) in [6.07, 6.45) is 0. The lowest BCUT2D eigenvalue weighted by molar-refractivity contribution is 0.658. The van der Waals surface area contributed by atoms with Crippen molar-refractivity contribution in [3.8, 4) is 33.4 Å². The normalized spacial score (nSPS) is 14.7. The monoisotopic (exact) mass is 643 g/mol. The fourth-order valence-corrected chi connectivity index (χ4v) is 9.14. The van der Waals surface area contributed by atoms with Gasteiger partial charge in [0, 0.05) is 32.9 Å². The van der Waals surface area contributed by atoms with Gasteiger partial charge < -0.3 is 9.32 Å². The lowest BCUT2D eigenvalue weighted by atomic mass is 9.80. The molecule has 8 aromatic rings. The van der Waals surface area contributed by atoms with Crippen LogP contribution in [0.3, 0.4) is 0 Å². The molecule has 2 aliphatic rings. The van der Waals surface area contributed by atoms with Gasteiger partial charge in [0.2, 0.25) is 0 Å². The van der Waals surface area contributed by atoms with Gasteiger partial charge in [-0.2, -0.15) is 0 Å². The molecule has 0 N–H and O–H groups in total. The van der Waals surface area contributed by atoms with E-state index in [9.17, 15) is 0 Å². The second kappa shape index (κ2) is 10.3. The zero-order valence-electron chi connectivity index (χ0n) is 28.8. The van der Waals surface area contributed by atoms with Crippen LogP contribution in [0.4, 0.5) is 17.1 Å². The quantitative estimate of drug-likeness (QED) is 0.190. The third kappa shape index (κ3) is 3.91. The van der Waals surface area contributed by atoms with Crippen LogP contribution in [0.1, 0.15) is 49.9 Å². The van der Waals surface area contributed by atoms with Crippen molar-refractivity contribution in [3.63, 3.8) is 0 Å². The van der Waals surface area contributed by atoms with E-state index in [2.05, 4.69) is 178 Å². The number of furan rings is 1. The van der Waals surface area contributed by atoms with Crippen molar-refractivity contribution in [2.24, 2.45) is 0 Å². The van der Waals surface area contributed by atoms with Crippen molar-refractivity contribution in [3.05, 3.63) is 174 Å². The summed E-state index contributed by atoms with van der Waals surface area (Å²) in [5.74, 6) is 0. The molecule has 240 valence electrons. The Morgan fingerprint density at radius 1 is 0.420 bits per heavy atom. The summed E-state index contributed by atoms with van der Waals surface area (Å²) in [4.78, 5) is 2.53. The molecule has 1 heterocycles. The second-order valence-electron chi connectivity index (χ2n) is 14.9. The second-order valence-corrected chi connectivity index (χ2v) is 14.9. The fraction of sp³-hybridized carbons (Fsp3) is 0.125. The first kappa shape index (κ1) is 29.1. The van der Waals surface area contributed by atoms with Gasteiger partial charge in [0.15, 0.2) is 0 Å². The summed E-state index contributed by atoms with van der Waals surface area (Å²) >= 11 is 0. The highest BCUT2D eigenvalue weighted by molar-refractivity contribution is 6.14. The number of rotatable bonds is 4. The molecule has 50 heavy (non-hydrogen) atoms. The lowest BCUT2D eigenvalue weighted by Gasteiger charge is -2.34. The van der Waals surface area contributed by atoms with Crippen LogP contribution in [0, 0.1) is 0 Å². The third-order valence-corrected chi connectivity index (χ3v) is 11.5. The van der Waals surface area contributed by atoms with Crippen LogP contribution in [0.15, 0.2) is 156 Å². The largest absolute Gasteiger partial charge is 0.456 e. The average Bonchev–Trinajstić information content (AvgIpc) is 3.72. The summed E-state index contributed by atoms with van der Waals surface area (Å²) in [6.45, 7) is 9.49. The Morgan fingerprint density at radius 3 is 1.80 bits per heavy atom. The highest BCUT2D eigenvalue weighted by Gasteiger charge is 2.40. The van der Waals surface area contributed by atoms with E-state index in [4.69, 9.17) is 4.42 Å². The highest BCUT2D eigenvalue weighted by Crippen LogP contribution is 2.56. The van der Waals surface area contributed by atoms with Crippen molar-refractivity contribution in [2.75, 3.05) is 4.90 Å². The Kier molecular flexibility index (Phi) is 6.01. The third-order valence-electron chi connectivity index (χ3n) is 11.5. The van der Waals surface area contributed by atoms with Crippen molar-refractivity contribution in [1.29, 1.82) is 0 Å². The molecular weight excluding hydrogens is 607 g/mol. The van der Waals surface area contributed by atoms with E-state index in [1.54, 1.807) is 0 Å². The van der Waals surface area contributed by atoms with Crippen LogP contribution >= 0.6 is 0 Å². The van der Waals surface area contributed by atoms with E-state index >= 15 is 0 Å². The summed E-state index contributed by atoms with van der Waals surface area (Å²) in [5, 5.41) is 2.28. The molecule has 0 saturated carbocycles. The lowest BCUT2D eigenvalue weighted by Crippen LogP contribution is -2.21. The van der Waals surface area contributed by atoms with Gasteiger partial charge in [-0.1, -0.05) is 143 Å². The van der Waals surface area contributed by atoms with Gasteiger partial charge in [-0.05, 0) is 86.5 Å². The average molecular weight is 644 g/mol. The molecule has 2 nitrogen and oxygen atoms in total. The van der Waals surface area contributed by atoms with E-state index < -0.39 is 0 Å². The summed E-state index contributed by atoms with van der Waals surface area (Å²) in [6, 6.07) is 55.6. The van der Waals surface area contributed by atoms with E-state index in [0.717, 1.165) is 38.9 Å². The van der Waals surface area contributed by atoms with Crippen molar-refractivity contribution < 1.29 is 4.42 Å². The van der Waals surface area contributed by atoms with Gasteiger partial charge in [-0.25, -0.2) is 0 Å². The Morgan fingerprint density at radius 2 is 0.980 bits per heavy atom. The highest BCUT2D eigenvalue weighted by atomic mass is 16.3. The maximum Gasteiger partial charge on any atom is 0.136 e. The zero-order chi connectivity index (χ0) is 33.8. The van der Waals surface area contributed by atoms with Crippen LogP contribution < -0.4 is 4.90 Å². The first-order valence-corrected chi connectivity index (χ1v) is 17.6. The number of nitrogens with zero attached hydrogens (tertiary/aromatic N) is 1. The van der Waals surface area contributed by atoms with Crippen molar-refractivity contribution in [1.82, 2.24) is 0 Å². The van der Waals surface area contributed by atoms with Crippen molar-refractivity contribution in [2.45, 2.75) is 38.5 Å². The SMILES string of the molecule is CC1(C)c2ccccc2-c2ccc(N(c3ccccc3-c3cccc4oc5ccccc5c34)c3cccc4c3C(C)(C)c3ccccc3-4)cc21. The Labute approximate surface area is 293 Å². The summed E-state index contributed by atoms with van der Waals surface area (Å²) in [5.41, 5.74) is 18.1. The predicted octanol–water partition coefficient (Wildman–Crippen LogP) is 13.3. The number of hydrogen-bond donors (Lipinski definition) is 0. The van der Waals surface area contributed by atoms with Gasteiger partial charge in [0.25, 0.3) is 0 Å². The van der Waals surface area contributed by atoms with Gasteiger partial charge >= 0.3 is 0 Å². The van der Waals surface area contributed by atoms with E-state index in [1.165, 1.54) is 55.8 Å². The number of benzene rings is 7. The maximum absolute atomic E-state index is 6.40. The minimum atomic E-state index is -0.192. The van der Waals surface area contributed by atoms with Gasteiger partial charge in [-0.15, -0.1) is 0 Å². The Bertz CT molecular complexity index is 2670. The first-order valence-electron chi connectivity index (χ1n) is 17.6. The molecule has 0 bridgehead atoms. The zero-order valence-corrected chi connectivity index (χ0v) is 28.8. The van der Waals surface area contributed by atoms with Crippen LogP contribution in [0.2, 0.25) is 0 Å². The molecule has 0 fully saturated rings. The number of fused-ring (bicyclic) bond motifs is 9. The molecule has 1 aromatic heterocycles. The van der Waals surface area contributed by atoms with E-state index in [-0.39, 0.29) is 10.8 Å². The molecule has 0 amide bonds. The number of hydrogen-bond acceptors (Lipinski definition) is 2. The molecule has 2 aliphatic carbocycles. The molecule has 0 aliphatic heterocycles. The Hall–Kier alpha value is -5.86. The summed E-state index contributed by atoms with van der Waals surface area (Å²) < 4.78 is 6.40. The number of para-hydroxylation sites is 2. The molecule has 0 unspecified atom stereocenters.